The Morgan fingerprint density at radius 1 is 1.35 bits per heavy atom. The van der Waals surface area contributed by atoms with Crippen LogP contribution in [0.4, 0.5) is 10.3 Å². The van der Waals surface area contributed by atoms with Gasteiger partial charge in [0.2, 0.25) is 5.95 Å². The van der Waals surface area contributed by atoms with E-state index >= 15 is 0 Å². The van der Waals surface area contributed by atoms with Gasteiger partial charge in [-0.05, 0) is 39.0 Å². The summed E-state index contributed by atoms with van der Waals surface area (Å²) in [7, 11) is 0. The predicted molar refractivity (Wildman–Crippen MR) is 76.1 cm³/mol. The highest BCUT2D eigenvalue weighted by atomic mass is 19.1. The highest BCUT2D eigenvalue weighted by Crippen LogP contribution is 2.31. The second-order valence-corrected chi connectivity index (χ2v) is 4.99. The van der Waals surface area contributed by atoms with Gasteiger partial charge in [-0.25, -0.2) is 9.37 Å². The third-order valence-corrected chi connectivity index (χ3v) is 3.61. The number of nitrogens with zero attached hydrogens (tertiary/aromatic N) is 2. The molecule has 1 aromatic carbocycles. The SMILES string of the molecule is Cc1cc(C(C)n2c(N)nc3c(F)cccc32)c(C)o1. The summed E-state index contributed by atoms with van der Waals surface area (Å²) in [5.41, 5.74) is 7.99. The third kappa shape index (κ3) is 1.78. The number of anilines is 1. The number of hydrogen-bond donors (Lipinski definition) is 1. The number of hydrogen-bond acceptors (Lipinski definition) is 3. The molecular weight excluding hydrogens is 257 g/mol. The van der Waals surface area contributed by atoms with Crippen molar-refractivity contribution in [3.8, 4) is 0 Å². The monoisotopic (exact) mass is 273 g/mol. The zero-order chi connectivity index (χ0) is 14.4. The highest BCUT2D eigenvalue weighted by molar-refractivity contribution is 5.79. The molecule has 20 heavy (non-hydrogen) atoms. The molecule has 0 spiro atoms. The zero-order valence-electron chi connectivity index (χ0n) is 11.6. The van der Waals surface area contributed by atoms with E-state index in [1.165, 1.54) is 6.07 Å². The van der Waals surface area contributed by atoms with Crippen molar-refractivity contribution in [1.29, 1.82) is 0 Å². The van der Waals surface area contributed by atoms with Gasteiger partial charge in [0.1, 0.15) is 17.0 Å². The minimum absolute atomic E-state index is 0.0701. The van der Waals surface area contributed by atoms with Gasteiger partial charge in [0, 0.05) is 5.56 Å². The fourth-order valence-corrected chi connectivity index (χ4v) is 2.71. The minimum Gasteiger partial charge on any atom is -0.466 e. The Hall–Kier alpha value is -2.30. The first-order valence-electron chi connectivity index (χ1n) is 6.48. The largest absolute Gasteiger partial charge is 0.466 e. The smallest absolute Gasteiger partial charge is 0.201 e. The molecule has 2 heterocycles. The lowest BCUT2D eigenvalue weighted by Crippen LogP contribution is -2.10. The zero-order valence-corrected chi connectivity index (χ0v) is 11.6. The van der Waals surface area contributed by atoms with Gasteiger partial charge in [-0.3, -0.25) is 0 Å². The van der Waals surface area contributed by atoms with Gasteiger partial charge in [-0.2, -0.15) is 0 Å². The Bertz CT molecular complexity index is 788. The summed E-state index contributed by atoms with van der Waals surface area (Å²) in [4.78, 5) is 4.13. The fraction of sp³-hybridized carbons (Fsp3) is 0.267. The molecule has 5 heteroatoms. The summed E-state index contributed by atoms with van der Waals surface area (Å²) in [6, 6.07) is 6.77. The molecule has 0 fully saturated rings. The first kappa shape index (κ1) is 12.7. The van der Waals surface area contributed by atoms with Gasteiger partial charge < -0.3 is 14.7 Å². The van der Waals surface area contributed by atoms with E-state index in [1.807, 2.05) is 37.5 Å². The molecule has 0 amide bonds. The number of imidazole rings is 1. The molecule has 2 aromatic heterocycles. The maximum atomic E-state index is 13.8. The van der Waals surface area contributed by atoms with Gasteiger partial charge in [-0.15, -0.1) is 0 Å². The number of para-hydroxylation sites is 1. The molecule has 0 saturated carbocycles. The molecule has 104 valence electrons. The number of aromatic nitrogens is 2. The third-order valence-electron chi connectivity index (χ3n) is 3.61. The summed E-state index contributed by atoms with van der Waals surface area (Å²) in [5, 5.41) is 0. The van der Waals surface area contributed by atoms with Crippen LogP contribution >= 0.6 is 0 Å². The number of halogens is 1. The van der Waals surface area contributed by atoms with E-state index in [0.717, 1.165) is 17.1 Å². The average Bonchev–Trinajstić information content (AvgIpc) is 2.89. The maximum absolute atomic E-state index is 13.8. The molecule has 0 radical (unpaired) electrons. The molecule has 0 aliphatic heterocycles. The number of nitrogens with two attached hydrogens (primary N) is 1. The van der Waals surface area contributed by atoms with Crippen LogP contribution in [0.1, 0.15) is 30.0 Å². The standard InChI is InChI=1S/C15H16FN3O/c1-8-7-11(10(3)20-8)9(2)19-13-6-4-5-12(16)14(13)18-15(19)17/h4-7,9H,1-3H3,(H2,17,18). The van der Waals surface area contributed by atoms with Crippen molar-refractivity contribution < 1.29 is 8.81 Å². The number of aryl methyl sites for hydroxylation is 2. The fourth-order valence-electron chi connectivity index (χ4n) is 2.71. The lowest BCUT2D eigenvalue weighted by Gasteiger charge is -2.15. The van der Waals surface area contributed by atoms with Crippen LogP contribution in [0.2, 0.25) is 0 Å². The Balaban J connectivity index is 2.21. The summed E-state index contributed by atoms with van der Waals surface area (Å²) >= 11 is 0. The summed E-state index contributed by atoms with van der Waals surface area (Å²) in [6.45, 7) is 5.81. The number of nitrogen functional groups attached to an aromatic ring is 1. The van der Waals surface area contributed by atoms with E-state index in [1.54, 1.807) is 6.07 Å². The van der Waals surface area contributed by atoms with Crippen molar-refractivity contribution in [3.63, 3.8) is 0 Å². The number of fused-ring (bicyclic) bond motifs is 1. The van der Waals surface area contributed by atoms with Crippen molar-refractivity contribution in [2.24, 2.45) is 0 Å². The summed E-state index contributed by atoms with van der Waals surface area (Å²) < 4.78 is 21.2. The maximum Gasteiger partial charge on any atom is 0.201 e. The van der Waals surface area contributed by atoms with Gasteiger partial charge in [0.05, 0.1) is 11.6 Å². The molecule has 0 saturated heterocycles. The van der Waals surface area contributed by atoms with Crippen LogP contribution in [0, 0.1) is 19.7 Å². The van der Waals surface area contributed by atoms with E-state index in [9.17, 15) is 4.39 Å². The molecule has 0 bridgehead atoms. The van der Waals surface area contributed by atoms with E-state index < -0.39 is 0 Å². The molecule has 0 aliphatic rings. The van der Waals surface area contributed by atoms with Crippen LogP contribution in [-0.2, 0) is 0 Å². The average molecular weight is 273 g/mol. The molecular formula is C15H16FN3O. The second-order valence-electron chi connectivity index (χ2n) is 4.99. The quantitative estimate of drug-likeness (QED) is 0.776. The van der Waals surface area contributed by atoms with Crippen LogP contribution in [0.25, 0.3) is 11.0 Å². The van der Waals surface area contributed by atoms with Gasteiger partial charge >= 0.3 is 0 Å². The van der Waals surface area contributed by atoms with E-state index in [-0.39, 0.29) is 11.9 Å². The van der Waals surface area contributed by atoms with Crippen LogP contribution < -0.4 is 5.73 Å². The molecule has 3 rings (SSSR count). The lowest BCUT2D eigenvalue weighted by atomic mass is 10.1. The van der Waals surface area contributed by atoms with Crippen LogP contribution in [0.15, 0.2) is 28.7 Å². The van der Waals surface area contributed by atoms with Crippen molar-refractivity contribution in [1.82, 2.24) is 9.55 Å². The van der Waals surface area contributed by atoms with E-state index in [0.29, 0.717) is 17.0 Å². The lowest BCUT2D eigenvalue weighted by molar-refractivity contribution is 0.495. The molecule has 0 aliphatic carbocycles. The predicted octanol–water partition coefficient (Wildman–Crippen LogP) is 3.58. The molecule has 1 unspecified atom stereocenters. The van der Waals surface area contributed by atoms with Crippen LogP contribution in [0.3, 0.4) is 0 Å². The van der Waals surface area contributed by atoms with Gasteiger partial charge in [0.15, 0.2) is 5.82 Å². The molecule has 2 N–H and O–H groups in total. The minimum atomic E-state index is -0.361. The second kappa shape index (κ2) is 4.37. The van der Waals surface area contributed by atoms with Crippen LogP contribution in [0.5, 0.6) is 0 Å². The summed E-state index contributed by atoms with van der Waals surface area (Å²) in [5.74, 6) is 1.63. The van der Waals surface area contributed by atoms with Crippen molar-refractivity contribution in [2.45, 2.75) is 26.8 Å². The topological polar surface area (TPSA) is 57.0 Å². The molecule has 3 aromatic rings. The van der Waals surface area contributed by atoms with E-state index in [4.69, 9.17) is 10.2 Å². The first-order valence-corrected chi connectivity index (χ1v) is 6.48. The highest BCUT2D eigenvalue weighted by Gasteiger charge is 2.20. The number of benzene rings is 1. The normalized spacial score (nSPS) is 13.0. The Labute approximate surface area is 116 Å². The first-order chi connectivity index (χ1) is 9.49. The van der Waals surface area contributed by atoms with Gasteiger partial charge in [-0.1, -0.05) is 6.07 Å². The Kier molecular flexibility index (Phi) is 2.78. The number of rotatable bonds is 2. The van der Waals surface area contributed by atoms with Crippen molar-refractivity contribution in [2.75, 3.05) is 5.73 Å². The number of furan rings is 1. The molecule has 1 atom stereocenters. The van der Waals surface area contributed by atoms with Crippen molar-refractivity contribution in [3.05, 3.63) is 47.2 Å². The van der Waals surface area contributed by atoms with E-state index in [2.05, 4.69) is 4.98 Å². The molecule has 4 nitrogen and oxygen atoms in total. The Morgan fingerprint density at radius 2 is 2.10 bits per heavy atom. The summed E-state index contributed by atoms with van der Waals surface area (Å²) in [6.07, 6.45) is 0. The van der Waals surface area contributed by atoms with Crippen LogP contribution in [-0.4, -0.2) is 9.55 Å². The Morgan fingerprint density at radius 3 is 2.75 bits per heavy atom. The van der Waals surface area contributed by atoms with Gasteiger partial charge in [0.25, 0.3) is 0 Å². The van der Waals surface area contributed by atoms with Crippen molar-refractivity contribution >= 4 is 17.0 Å².